The van der Waals surface area contributed by atoms with Crippen LogP contribution in [0.1, 0.15) is 15.9 Å². The molecule has 0 unspecified atom stereocenters. The lowest BCUT2D eigenvalue weighted by atomic mass is 10.0. The lowest BCUT2D eigenvalue weighted by Crippen LogP contribution is -2.56. The quantitative estimate of drug-likeness (QED) is 0.870. The molecular formula is C12H14F3N3O. The van der Waals surface area contributed by atoms with Crippen molar-refractivity contribution in [2.75, 3.05) is 25.0 Å². The largest absolute Gasteiger partial charge is 0.417 e. The average Bonchev–Trinajstić information content (AvgIpc) is 2.24. The van der Waals surface area contributed by atoms with Crippen molar-refractivity contribution in [3.63, 3.8) is 0 Å². The number of hydrogen-bond acceptors (Lipinski definition) is 3. The van der Waals surface area contributed by atoms with Crippen LogP contribution in [0.15, 0.2) is 18.2 Å². The summed E-state index contributed by atoms with van der Waals surface area (Å²) in [7, 11) is 1.73. The molecule has 0 bridgehead atoms. The van der Waals surface area contributed by atoms with Crippen LogP contribution in [0, 0.1) is 0 Å². The fourth-order valence-electron chi connectivity index (χ4n) is 1.96. The predicted octanol–water partition coefficient (Wildman–Crippen LogP) is 1.21. The minimum Gasteiger partial charge on any atom is -0.369 e. The van der Waals surface area contributed by atoms with E-state index in [1.165, 1.54) is 6.07 Å². The monoisotopic (exact) mass is 273 g/mol. The van der Waals surface area contributed by atoms with Gasteiger partial charge in [0.25, 0.3) is 0 Å². The van der Waals surface area contributed by atoms with E-state index in [0.29, 0.717) is 5.69 Å². The smallest absolute Gasteiger partial charge is 0.369 e. The van der Waals surface area contributed by atoms with E-state index in [1.54, 1.807) is 11.9 Å². The molecule has 0 aliphatic carbocycles. The van der Waals surface area contributed by atoms with Crippen molar-refractivity contribution in [2.45, 2.75) is 12.2 Å². The minimum atomic E-state index is -4.60. The second-order valence-corrected chi connectivity index (χ2v) is 4.51. The molecule has 1 amide bonds. The van der Waals surface area contributed by atoms with Crippen molar-refractivity contribution in [2.24, 2.45) is 5.73 Å². The van der Waals surface area contributed by atoms with Gasteiger partial charge in [-0.2, -0.15) is 13.2 Å². The van der Waals surface area contributed by atoms with Gasteiger partial charge in [0.05, 0.1) is 17.2 Å². The number of benzene rings is 1. The molecule has 0 radical (unpaired) electrons. The maximum Gasteiger partial charge on any atom is 0.417 e. The summed E-state index contributed by atoms with van der Waals surface area (Å²) in [5.41, 5.74) is 3.90. The molecule has 1 aromatic rings. The van der Waals surface area contributed by atoms with Gasteiger partial charge in [-0.25, -0.2) is 0 Å². The second kappa shape index (κ2) is 4.73. The van der Waals surface area contributed by atoms with Crippen LogP contribution < -0.4 is 16.0 Å². The summed E-state index contributed by atoms with van der Waals surface area (Å²) in [4.78, 5) is 12.8. The Kier molecular flexibility index (Phi) is 3.40. The first-order valence-corrected chi connectivity index (χ1v) is 5.75. The summed E-state index contributed by atoms with van der Waals surface area (Å²) in [6, 6.07) is 3.75. The molecule has 2 rings (SSSR count). The molecule has 19 heavy (non-hydrogen) atoms. The highest BCUT2D eigenvalue weighted by Gasteiger charge is 2.35. The first-order valence-electron chi connectivity index (χ1n) is 5.75. The SMILES string of the molecule is CN(c1ccc(C(N)=O)c(C(F)(F)F)c1)C1CNC1. The van der Waals surface area contributed by atoms with Gasteiger partial charge in [0.15, 0.2) is 0 Å². The highest BCUT2D eigenvalue weighted by atomic mass is 19.4. The number of rotatable bonds is 3. The van der Waals surface area contributed by atoms with Crippen molar-refractivity contribution in [1.29, 1.82) is 0 Å². The molecule has 3 N–H and O–H groups in total. The molecular weight excluding hydrogens is 259 g/mol. The van der Waals surface area contributed by atoms with Gasteiger partial charge in [0.2, 0.25) is 5.91 Å². The number of nitrogens with one attached hydrogen (secondary N) is 1. The summed E-state index contributed by atoms with van der Waals surface area (Å²) in [6.07, 6.45) is -4.60. The second-order valence-electron chi connectivity index (χ2n) is 4.51. The van der Waals surface area contributed by atoms with E-state index in [0.717, 1.165) is 25.2 Å². The lowest BCUT2D eigenvalue weighted by Gasteiger charge is -2.37. The third-order valence-electron chi connectivity index (χ3n) is 3.29. The first kappa shape index (κ1) is 13.7. The fraction of sp³-hybridized carbons (Fsp3) is 0.417. The molecule has 1 heterocycles. The van der Waals surface area contributed by atoms with Gasteiger partial charge in [-0.1, -0.05) is 0 Å². The van der Waals surface area contributed by atoms with Gasteiger partial charge in [-0.05, 0) is 18.2 Å². The van der Waals surface area contributed by atoms with Gasteiger partial charge < -0.3 is 16.0 Å². The predicted molar refractivity (Wildman–Crippen MR) is 65.0 cm³/mol. The number of carbonyl (C=O) groups is 1. The van der Waals surface area contributed by atoms with E-state index in [-0.39, 0.29) is 6.04 Å². The normalized spacial score (nSPS) is 16.0. The average molecular weight is 273 g/mol. The summed E-state index contributed by atoms with van der Waals surface area (Å²) < 4.78 is 38.7. The Labute approximate surface area is 108 Å². The van der Waals surface area contributed by atoms with Crippen molar-refractivity contribution >= 4 is 11.6 Å². The standard InChI is InChI=1S/C12H14F3N3O/c1-18(8-5-17-6-8)7-2-3-9(11(16)19)10(4-7)12(13,14)15/h2-4,8,17H,5-6H2,1H3,(H2,16,19). The number of amides is 1. The Balaban J connectivity index is 2.40. The maximum absolute atomic E-state index is 12.9. The van der Waals surface area contributed by atoms with E-state index in [4.69, 9.17) is 5.73 Å². The molecule has 1 saturated heterocycles. The van der Waals surface area contributed by atoms with Gasteiger partial charge >= 0.3 is 6.18 Å². The zero-order chi connectivity index (χ0) is 14.2. The van der Waals surface area contributed by atoms with Crippen LogP contribution in [0.2, 0.25) is 0 Å². The summed E-state index contributed by atoms with van der Waals surface area (Å²) in [5.74, 6) is -1.08. The Morgan fingerprint density at radius 2 is 2.05 bits per heavy atom. The maximum atomic E-state index is 12.9. The molecule has 1 fully saturated rings. The molecule has 0 spiro atoms. The van der Waals surface area contributed by atoms with Gasteiger partial charge in [-0.15, -0.1) is 0 Å². The lowest BCUT2D eigenvalue weighted by molar-refractivity contribution is -0.137. The number of nitrogens with zero attached hydrogens (tertiary/aromatic N) is 1. The topological polar surface area (TPSA) is 58.4 Å². The van der Waals surface area contributed by atoms with E-state index >= 15 is 0 Å². The molecule has 1 aliphatic heterocycles. The number of nitrogens with two attached hydrogens (primary N) is 1. The van der Waals surface area contributed by atoms with Gasteiger partial charge in [0, 0.05) is 25.8 Å². The Hall–Kier alpha value is -1.76. The van der Waals surface area contributed by atoms with Crippen LogP contribution in [0.25, 0.3) is 0 Å². The number of hydrogen-bond donors (Lipinski definition) is 2. The number of carbonyl (C=O) groups excluding carboxylic acids is 1. The Morgan fingerprint density at radius 3 is 2.47 bits per heavy atom. The minimum absolute atomic E-state index is 0.167. The van der Waals surface area contributed by atoms with Crippen LogP contribution >= 0.6 is 0 Å². The van der Waals surface area contributed by atoms with Crippen LogP contribution in [-0.2, 0) is 6.18 Å². The summed E-state index contributed by atoms with van der Waals surface area (Å²) in [6.45, 7) is 1.46. The molecule has 0 saturated carbocycles. The zero-order valence-corrected chi connectivity index (χ0v) is 10.3. The van der Waals surface area contributed by atoms with E-state index in [9.17, 15) is 18.0 Å². The molecule has 0 aromatic heterocycles. The highest BCUT2D eigenvalue weighted by molar-refractivity contribution is 5.95. The number of likely N-dealkylation sites (N-methyl/N-ethyl adjacent to an activating group) is 1. The van der Waals surface area contributed by atoms with Crippen molar-refractivity contribution < 1.29 is 18.0 Å². The molecule has 7 heteroatoms. The molecule has 104 valence electrons. The van der Waals surface area contributed by atoms with Gasteiger partial charge in [-0.3, -0.25) is 4.79 Å². The summed E-state index contributed by atoms with van der Waals surface area (Å²) >= 11 is 0. The molecule has 0 atom stereocenters. The fourth-order valence-corrected chi connectivity index (χ4v) is 1.96. The number of primary amides is 1. The molecule has 1 aliphatic rings. The van der Waals surface area contributed by atoms with Crippen molar-refractivity contribution in [3.8, 4) is 0 Å². The van der Waals surface area contributed by atoms with Crippen molar-refractivity contribution in [1.82, 2.24) is 5.32 Å². The zero-order valence-electron chi connectivity index (χ0n) is 10.3. The van der Waals surface area contributed by atoms with E-state index in [2.05, 4.69) is 5.32 Å². The molecule has 1 aromatic carbocycles. The van der Waals surface area contributed by atoms with Gasteiger partial charge in [0.1, 0.15) is 0 Å². The molecule has 4 nitrogen and oxygen atoms in total. The van der Waals surface area contributed by atoms with Crippen LogP contribution in [0.3, 0.4) is 0 Å². The highest BCUT2D eigenvalue weighted by Crippen LogP contribution is 2.34. The Bertz CT molecular complexity index is 497. The third kappa shape index (κ3) is 2.65. The number of alkyl halides is 3. The van der Waals surface area contributed by atoms with E-state index in [1.807, 2.05) is 0 Å². The van der Waals surface area contributed by atoms with E-state index < -0.39 is 23.2 Å². The van der Waals surface area contributed by atoms with Crippen LogP contribution in [0.5, 0.6) is 0 Å². The van der Waals surface area contributed by atoms with Crippen LogP contribution in [0.4, 0.5) is 18.9 Å². The first-order chi connectivity index (χ1) is 8.80. The third-order valence-corrected chi connectivity index (χ3v) is 3.29. The van der Waals surface area contributed by atoms with Crippen LogP contribution in [-0.4, -0.2) is 32.1 Å². The Morgan fingerprint density at radius 1 is 1.42 bits per heavy atom. The summed E-state index contributed by atoms with van der Waals surface area (Å²) in [5, 5.41) is 3.05. The number of halogens is 3. The van der Waals surface area contributed by atoms with Crippen molar-refractivity contribution in [3.05, 3.63) is 29.3 Å². The number of anilines is 1.